The summed E-state index contributed by atoms with van der Waals surface area (Å²) in [7, 11) is 0. The molecule has 1 aromatic heterocycles. The lowest BCUT2D eigenvalue weighted by Gasteiger charge is -2.32. The molecular formula is C21H29N2O+. The van der Waals surface area contributed by atoms with Gasteiger partial charge in [0.15, 0.2) is 0 Å². The minimum atomic E-state index is 0.538. The number of benzene rings is 1. The second-order valence-corrected chi connectivity index (χ2v) is 7.07. The minimum Gasteiger partial charge on any atom is -0.488 e. The molecule has 3 rings (SSSR count). The van der Waals surface area contributed by atoms with E-state index in [-0.39, 0.29) is 0 Å². The molecule has 3 heteroatoms. The highest BCUT2D eigenvalue weighted by molar-refractivity contribution is 5.30. The number of rotatable bonds is 6. The smallest absolute Gasteiger partial charge is 0.137 e. The van der Waals surface area contributed by atoms with Crippen molar-refractivity contribution in [3.8, 4) is 5.75 Å². The maximum absolute atomic E-state index is 6.05. The Kier molecular flexibility index (Phi) is 5.86. The van der Waals surface area contributed by atoms with Crippen LogP contribution >= 0.6 is 0 Å². The first-order valence-corrected chi connectivity index (χ1v) is 9.21. The van der Waals surface area contributed by atoms with Gasteiger partial charge >= 0.3 is 0 Å². The standard InChI is InChI=1S/C21H28N2O/c1-17(2)18-7-5-9-20(15-18)24-14-13-23-12-4-3-10-21(23)19-8-6-11-22-16-19/h5-9,11,15-17,21H,3-4,10,12-14H2,1-2H3/p+1/t21-/m1/s1. The highest BCUT2D eigenvalue weighted by atomic mass is 16.5. The van der Waals surface area contributed by atoms with E-state index in [9.17, 15) is 0 Å². The lowest BCUT2D eigenvalue weighted by molar-refractivity contribution is -0.937. The summed E-state index contributed by atoms with van der Waals surface area (Å²) >= 11 is 0. The van der Waals surface area contributed by atoms with Gasteiger partial charge in [-0.05, 0) is 42.5 Å². The summed E-state index contributed by atoms with van der Waals surface area (Å²) in [5.41, 5.74) is 2.71. The second-order valence-electron chi connectivity index (χ2n) is 7.07. The van der Waals surface area contributed by atoms with E-state index in [1.165, 1.54) is 36.9 Å². The van der Waals surface area contributed by atoms with Crippen LogP contribution in [0.4, 0.5) is 0 Å². The van der Waals surface area contributed by atoms with E-state index in [1.54, 1.807) is 4.90 Å². The van der Waals surface area contributed by atoms with E-state index in [1.807, 2.05) is 12.4 Å². The molecule has 0 amide bonds. The van der Waals surface area contributed by atoms with Crippen LogP contribution in [0.3, 0.4) is 0 Å². The molecule has 0 bridgehead atoms. The van der Waals surface area contributed by atoms with Crippen molar-refractivity contribution in [1.82, 2.24) is 4.98 Å². The summed E-state index contributed by atoms with van der Waals surface area (Å²) < 4.78 is 6.05. The average Bonchev–Trinajstić information content (AvgIpc) is 2.63. The second kappa shape index (κ2) is 8.29. The van der Waals surface area contributed by atoms with Crippen LogP contribution in [0.1, 0.15) is 56.2 Å². The number of piperidine rings is 1. The molecule has 24 heavy (non-hydrogen) atoms. The average molecular weight is 325 g/mol. The molecule has 1 aromatic carbocycles. The molecule has 0 radical (unpaired) electrons. The molecule has 1 aliphatic rings. The van der Waals surface area contributed by atoms with Gasteiger partial charge in [-0.2, -0.15) is 0 Å². The Morgan fingerprint density at radius 2 is 2.12 bits per heavy atom. The normalized spacial score (nSPS) is 21.0. The third kappa shape index (κ3) is 4.35. The lowest BCUT2D eigenvalue weighted by Crippen LogP contribution is -3.13. The third-order valence-electron chi connectivity index (χ3n) is 5.04. The first kappa shape index (κ1) is 17.0. The zero-order chi connectivity index (χ0) is 16.8. The van der Waals surface area contributed by atoms with Crippen LogP contribution in [0.25, 0.3) is 0 Å². The molecule has 1 saturated heterocycles. The number of nitrogens with one attached hydrogen (secondary N) is 1. The first-order valence-electron chi connectivity index (χ1n) is 9.21. The van der Waals surface area contributed by atoms with Crippen LogP contribution in [-0.2, 0) is 0 Å². The molecule has 1 aliphatic heterocycles. The van der Waals surface area contributed by atoms with Gasteiger partial charge in [0.05, 0.1) is 6.54 Å². The Bertz CT molecular complexity index is 627. The molecule has 3 nitrogen and oxygen atoms in total. The quantitative estimate of drug-likeness (QED) is 0.881. The monoisotopic (exact) mass is 325 g/mol. The van der Waals surface area contributed by atoms with Crippen molar-refractivity contribution in [3.63, 3.8) is 0 Å². The van der Waals surface area contributed by atoms with Crippen LogP contribution in [0.15, 0.2) is 48.8 Å². The van der Waals surface area contributed by atoms with Crippen LogP contribution in [-0.4, -0.2) is 24.7 Å². The van der Waals surface area contributed by atoms with Crippen LogP contribution in [0, 0.1) is 0 Å². The van der Waals surface area contributed by atoms with Crippen LogP contribution in [0.2, 0.25) is 0 Å². The number of nitrogens with zero attached hydrogens (tertiary/aromatic N) is 1. The predicted molar refractivity (Wildman–Crippen MR) is 97.6 cm³/mol. The Labute approximate surface area is 145 Å². The molecule has 2 atom stereocenters. The van der Waals surface area contributed by atoms with Gasteiger partial charge in [0.25, 0.3) is 0 Å². The summed E-state index contributed by atoms with van der Waals surface area (Å²) in [6.07, 6.45) is 7.78. The number of hydrogen-bond donors (Lipinski definition) is 1. The molecule has 0 aliphatic carbocycles. The SMILES string of the molecule is CC(C)c1cccc(OCC[NH+]2CCCC[C@@H]2c2cccnc2)c1. The third-order valence-corrected chi connectivity index (χ3v) is 5.04. The van der Waals surface area contributed by atoms with Gasteiger partial charge in [-0.15, -0.1) is 0 Å². The Hall–Kier alpha value is -1.87. The van der Waals surface area contributed by atoms with E-state index in [0.717, 1.165) is 18.9 Å². The topological polar surface area (TPSA) is 26.6 Å². The largest absolute Gasteiger partial charge is 0.488 e. The van der Waals surface area contributed by atoms with Crippen molar-refractivity contribution in [2.75, 3.05) is 19.7 Å². The summed E-state index contributed by atoms with van der Waals surface area (Å²) in [5, 5.41) is 0. The Morgan fingerprint density at radius 1 is 1.21 bits per heavy atom. The molecule has 1 fully saturated rings. The van der Waals surface area contributed by atoms with Crippen LogP contribution < -0.4 is 9.64 Å². The van der Waals surface area contributed by atoms with E-state index < -0.39 is 0 Å². The van der Waals surface area contributed by atoms with Gasteiger partial charge in [-0.25, -0.2) is 0 Å². The molecule has 1 N–H and O–H groups in total. The molecule has 0 spiro atoms. The first-order chi connectivity index (χ1) is 11.7. The number of quaternary nitrogens is 1. The van der Waals surface area contributed by atoms with Crippen molar-refractivity contribution >= 4 is 0 Å². The summed E-state index contributed by atoms with van der Waals surface area (Å²) in [4.78, 5) is 5.94. The van der Waals surface area contributed by atoms with Gasteiger partial charge in [-0.1, -0.05) is 32.0 Å². The summed E-state index contributed by atoms with van der Waals surface area (Å²) in [5.74, 6) is 1.53. The molecule has 128 valence electrons. The number of likely N-dealkylation sites (tertiary alicyclic amines) is 1. The molecule has 0 saturated carbocycles. The maximum Gasteiger partial charge on any atom is 0.137 e. The van der Waals surface area contributed by atoms with Crippen molar-refractivity contribution in [2.24, 2.45) is 0 Å². The summed E-state index contributed by atoms with van der Waals surface area (Å²) in [6, 6.07) is 13.3. The van der Waals surface area contributed by atoms with Gasteiger partial charge in [0.2, 0.25) is 0 Å². The number of aromatic nitrogens is 1. The fraction of sp³-hybridized carbons (Fsp3) is 0.476. The van der Waals surface area contributed by atoms with Crippen molar-refractivity contribution < 1.29 is 9.64 Å². The number of ether oxygens (including phenoxy) is 1. The zero-order valence-corrected chi connectivity index (χ0v) is 14.9. The van der Waals surface area contributed by atoms with E-state index >= 15 is 0 Å². The van der Waals surface area contributed by atoms with E-state index in [2.05, 4.69) is 55.2 Å². The van der Waals surface area contributed by atoms with Gasteiger partial charge in [0.1, 0.15) is 24.9 Å². The minimum absolute atomic E-state index is 0.538. The summed E-state index contributed by atoms with van der Waals surface area (Å²) in [6.45, 7) is 7.49. The lowest BCUT2D eigenvalue weighted by atomic mass is 9.96. The number of hydrogen-bond acceptors (Lipinski definition) is 2. The highest BCUT2D eigenvalue weighted by Crippen LogP contribution is 2.20. The number of pyridine rings is 1. The molecule has 2 aromatic rings. The Morgan fingerprint density at radius 3 is 2.92 bits per heavy atom. The van der Waals surface area contributed by atoms with Crippen molar-refractivity contribution in [2.45, 2.75) is 45.1 Å². The molecule has 2 heterocycles. The molecule has 1 unspecified atom stereocenters. The highest BCUT2D eigenvalue weighted by Gasteiger charge is 2.27. The molecular weight excluding hydrogens is 296 g/mol. The fourth-order valence-corrected chi connectivity index (χ4v) is 3.63. The zero-order valence-electron chi connectivity index (χ0n) is 14.9. The Balaban J connectivity index is 1.57. The van der Waals surface area contributed by atoms with Crippen LogP contribution in [0.5, 0.6) is 5.75 Å². The van der Waals surface area contributed by atoms with E-state index in [4.69, 9.17) is 4.74 Å². The maximum atomic E-state index is 6.05. The van der Waals surface area contributed by atoms with E-state index in [0.29, 0.717) is 12.0 Å². The van der Waals surface area contributed by atoms with Gasteiger partial charge in [-0.3, -0.25) is 4.98 Å². The van der Waals surface area contributed by atoms with Gasteiger partial charge < -0.3 is 9.64 Å². The predicted octanol–water partition coefficient (Wildman–Crippen LogP) is 3.39. The fourth-order valence-electron chi connectivity index (χ4n) is 3.63. The van der Waals surface area contributed by atoms with Crippen molar-refractivity contribution in [3.05, 3.63) is 59.9 Å². The van der Waals surface area contributed by atoms with Gasteiger partial charge in [0, 0.05) is 24.4 Å². The van der Waals surface area contributed by atoms with Crippen molar-refractivity contribution in [1.29, 1.82) is 0 Å².